The standard InChI is InChI=1S/C23H19N5O/c1-3-6-17-14(2)18(13-24)23-27-19-7-4-5-8-20(19)28(23)22(17)26-16-11-9-15(10-12-16)21(25)29/h3-5,7-12,26H,1,6H2,2H3,(H2,25,29). The molecule has 0 atom stereocenters. The number of hydrogen-bond donors (Lipinski definition) is 2. The third kappa shape index (κ3) is 2.99. The van der Waals surface area contributed by atoms with Gasteiger partial charge in [0.1, 0.15) is 11.9 Å². The van der Waals surface area contributed by atoms with Gasteiger partial charge >= 0.3 is 0 Å². The first-order valence-electron chi connectivity index (χ1n) is 9.15. The molecule has 0 aliphatic rings. The summed E-state index contributed by atoms with van der Waals surface area (Å²) in [6.07, 6.45) is 2.40. The first kappa shape index (κ1) is 18.3. The molecule has 2 aromatic carbocycles. The molecule has 2 aromatic heterocycles. The first-order valence-corrected chi connectivity index (χ1v) is 9.15. The number of primary amides is 1. The van der Waals surface area contributed by atoms with Crippen LogP contribution in [-0.4, -0.2) is 15.3 Å². The van der Waals surface area contributed by atoms with Gasteiger partial charge in [-0.25, -0.2) is 4.98 Å². The minimum Gasteiger partial charge on any atom is -0.366 e. The summed E-state index contributed by atoms with van der Waals surface area (Å²) in [4.78, 5) is 16.1. The van der Waals surface area contributed by atoms with Gasteiger partial charge in [-0.15, -0.1) is 6.58 Å². The van der Waals surface area contributed by atoms with Crippen molar-refractivity contribution in [2.75, 3.05) is 5.32 Å². The Morgan fingerprint density at radius 1 is 1.28 bits per heavy atom. The number of nitrogens with two attached hydrogens (primary N) is 1. The van der Waals surface area contributed by atoms with E-state index in [-0.39, 0.29) is 0 Å². The molecule has 29 heavy (non-hydrogen) atoms. The van der Waals surface area contributed by atoms with Gasteiger partial charge in [-0.3, -0.25) is 9.20 Å². The number of anilines is 2. The molecule has 4 rings (SSSR count). The second-order valence-electron chi connectivity index (χ2n) is 6.76. The summed E-state index contributed by atoms with van der Waals surface area (Å²) in [5.41, 5.74) is 11.3. The van der Waals surface area contributed by atoms with Crippen LogP contribution in [0.2, 0.25) is 0 Å². The van der Waals surface area contributed by atoms with E-state index in [1.807, 2.05) is 41.7 Å². The average Bonchev–Trinajstić information content (AvgIpc) is 3.10. The number of imidazole rings is 1. The number of nitrogens with zero attached hydrogens (tertiary/aromatic N) is 3. The van der Waals surface area contributed by atoms with Crippen molar-refractivity contribution in [2.24, 2.45) is 5.73 Å². The van der Waals surface area contributed by atoms with Crippen molar-refractivity contribution in [2.45, 2.75) is 13.3 Å². The van der Waals surface area contributed by atoms with E-state index < -0.39 is 5.91 Å². The summed E-state index contributed by atoms with van der Waals surface area (Å²) in [5.74, 6) is 0.345. The maximum absolute atomic E-state index is 11.4. The van der Waals surface area contributed by atoms with Gasteiger partial charge in [0.05, 0.1) is 16.6 Å². The number of carbonyl (C=O) groups is 1. The molecule has 0 fully saturated rings. The Morgan fingerprint density at radius 3 is 2.66 bits per heavy atom. The molecule has 6 heteroatoms. The van der Waals surface area contributed by atoms with Gasteiger partial charge in [0, 0.05) is 16.8 Å². The third-order valence-corrected chi connectivity index (χ3v) is 5.01. The van der Waals surface area contributed by atoms with Crippen molar-refractivity contribution in [3.05, 3.63) is 83.4 Å². The average molecular weight is 381 g/mol. The second-order valence-corrected chi connectivity index (χ2v) is 6.76. The number of amides is 1. The maximum Gasteiger partial charge on any atom is 0.248 e. The van der Waals surface area contributed by atoms with Gasteiger partial charge in [-0.1, -0.05) is 18.2 Å². The van der Waals surface area contributed by atoms with Gasteiger partial charge in [-0.2, -0.15) is 5.26 Å². The van der Waals surface area contributed by atoms with Gasteiger partial charge in [0.15, 0.2) is 5.65 Å². The van der Waals surface area contributed by atoms with E-state index in [9.17, 15) is 10.1 Å². The van der Waals surface area contributed by atoms with Crippen LogP contribution in [0.15, 0.2) is 61.2 Å². The Kier molecular flexibility index (Phi) is 4.49. The zero-order valence-corrected chi connectivity index (χ0v) is 15.9. The van der Waals surface area contributed by atoms with Crippen LogP contribution in [0.3, 0.4) is 0 Å². The minimum absolute atomic E-state index is 0.441. The van der Waals surface area contributed by atoms with Crippen LogP contribution < -0.4 is 11.1 Å². The molecule has 0 bridgehead atoms. The quantitative estimate of drug-likeness (QED) is 0.505. The molecule has 0 aliphatic carbocycles. The number of hydrogen-bond acceptors (Lipinski definition) is 4. The number of rotatable bonds is 5. The Morgan fingerprint density at radius 2 is 2.00 bits per heavy atom. The van der Waals surface area contributed by atoms with Crippen LogP contribution in [0.4, 0.5) is 11.5 Å². The van der Waals surface area contributed by atoms with Crippen LogP contribution in [0, 0.1) is 18.3 Å². The highest BCUT2D eigenvalue weighted by Crippen LogP contribution is 2.33. The normalized spacial score (nSPS) is 10.8. The van der Waals surface area contributed by atoms with E-state index in [0.29, 0.717) is 23.2 Å². The molecule has 4 aromatic rings. The topological polar surface area (TPSA) is 96.2 Å². The largest absolute Gasteiger partial charge is 0.366 e. The number of carbonyl (C=O) groups excluding carboxylic acids is 1. The fraction of sp³-hybridized carbons (Fsp3) is 0.0870. The molecule has 3 N–H and O–H groups in total. The molecule has 0 spiro atoms. The Bertz CT molecular complexity index is 1310. The van der Waals surface area contributed by atoms with Crippen LogP contribution in [-0.2, 0) is 6.42 Å². The lowest BCUT2D eigenvalue weighted by molar-refractivity contribution is 0.100. The zero-order valence-electron chi connectivity index (χ0n) is 15.9. The lowest BCUT2D eigenvalue weighted by Crippen LogP contribution is -2.11. The Balaban J connectivity index is 2.02. The van der Waals surface area contributed by atoms with Crippen LogP contribution in [0.1, 0.15) is 27.0 Å². The van der Waals surface area contributed by atoms with Crippen molar-refractivity contribution in [1.82, 2.24) is 9.38 Å². The van der Waals surface area contributed by atoms with E-state index in [1.54, 1.807) is 24.3 Å². The molecule has 142 valence electrons. The Labute approximate surface area is 167 Å². The van der Waals surface area contributed by atoms with Gasteiger partial charge in [0.25, 0.3) is 0 Å². The Hall–Kier alpha value is -4.11. The summed E-state index contributed by atoms with van der Waals surface area (Å²) in [7, 11) is 0. The van der Waals surface area contributed by atoms with Crippen molar-refractivity contribution >= 4 is 34.1 Å². The molecule has 0 radical (unpaired) electrons. The lowest BCUT2D eigenvalue weighted by Gasteiger charge is -2.18. The highest BCUT2D eigenvalue weighted by Gasteiger charge is 2.20. The third-order valence-electron chi connectivity index (χ3n) is 5.01. The van der Waals surface area contributed by atoms with E-state index >= 15 is 0 Å². The number of para-hydroxylation sites is 2. The molecule has 6 nitrogen and oxygen atoms in total. The maximum atomic E-state index is 11.4. The molecular weight excluding hydrogens is 362 g/mol. The minimum atomic E-state index is -0.471. The number of nitrogens with one attached hydrogen (secondary N) is 1. The smallest absolute Gasteiger partial charge is 0.248 e. The van der Waals surface area contributed by atoms with Crippen LogP contribution in [0.25, 0.3) is 16.7 Å². The predicted octanol–water partition coefficient (Wildman–Crippen LogP) is 4.24. The molecule has 0 saturated carbocycles. The van der Waals surface area contributed by atoms with E-state index in [4.69, 9.17) is 10.7 Å². The molecular formula is C23H19N5O. The summed E-state index contributed by atoms with van der Waals surface area (Å²) in [6.45, 7) is 5.80. The number of aromatic nitrogens is 2. The van der Waals surface area contributed by atoms with Gasteiger partial charge < -0.3 is 11.1 Å². The predicted molar refractivity (Wildman–Crippen MR) is 114 cm³/mol. The van der Waals surface area contributed by atoms with Crippen molar-refractivity contribution in [1.29, 1.82) is 5.26 Å². The number of allylic oxidation sites excluding steroid dienone is 1. The van der Waals surface area contributed by atoms with E-state index in [0.717, 1.165) is 33.7 Å². The fourth-order valence-corrected chi connectivity index (χ4v) is 3.57. The molecule has 2 heterocycles. The van der Waals surface area contributed by atoms with Gasteiger partial charge in [0.2, 0.25) is 5.91 Å². The van der Waals surface area contributed by atoms with E-state index in [1.165, 1.54) is 0 Å². The molecule has 0 aliphatic heterocycles. The van der Waals surface area contributed by atoms with Crippen molar-refractivity contribution in [3.63, 3.8) is 0 Å². The van der Waals surface area contributed by atoms with Crippen molar-refractivity contribution < 1.29 is 4.79 Å². The second kappa shape index (κ2) is 7.13. The van der Waals surface area contributed by atoms with E-state index in [2.05, 4.69) is 18.0 Å². The first-order chi connectivity index (χ1) is 14.0. The highest BCUT2D eigenvalue weighted by molar-refractivity contribution is 5.93. The number of fused-ring (bicyclic) bond motifs is 3. The monoisotopic (exact) mass is 381 g/mol. The van der Waals surface area contributed by atoms with Crippen LogP contribution >= 0.6 is 0 Å². The zero-order chi connectivity index (χ0) is 20.5. The van der Waals surface area contributed by atoms with Crippen molar-refractivity contribution in [3.8, 4) is 6.07 Å². The highest BCUT2D eigenvalue weighted by atomic mass is 16.1. The molecule has 0 saturated heterocycles. The van der Waals surface area contributed by atoms with Gasteiger partial charge in [-0.05, 0) is 55.3 Å². The summed E-state index contributed by atoms with van der Waals surface area (Å²) >= 11 is 0. The lowest BCUT2D eigenvalue weighted by atomic mass is 10.0. The summed E-state index contributed by atoms with van der Waals surface area (Å²) in [6, 6.07) is 17.0. The summed E-state index contributed by atoms with van der Waals surface area (Å²) in [5, 5.41) is 13.3. The molecule has 1 amide bonds. The SMILES string of the molecule is C=CCc1c(C)c(C#N)c2nc3ccccc3n2c1Nc1ccc(C(N)=O)cc1. The van der Waals surface area contributed by atoms with Crippen LogP contribution in [0.5, 0.6) is 0 Å². The number of benzene rings is 2. The number of pyridine rings is 1. The summed E-state index contributed by atoms with van der Waals surface area (Å²) < 4.78 is 1.97. The fourth-order valence-electron chi connectivity index (χ4n) is 3.57. The number of nitriles is 1. The molecule has 0 unspecified atom stereocenters.